The van der Waals surface area contributed by atoms with E-state index in [0.29, 0.717) is 24.3 Å². The number of hydrogen-bond acceptors (Lipinski definition) is 5. The first-order valence-electron chi connectivity index (χ1n) is 8.17. The van der Waals surface area contributed by atoms with Gasteiger partial charge in [-0.1, -0.05) is 18.2 Å². The highest BCUT2D eigenvalue weighted by Crippen LogP contribution is 2.33. The number of benzene rings is 1. The molecule has 0 saturated carbocycles. The average molecular weight is 393 g/mol. The Balaban J connectivity index is 1.84. The predicted octanol–water partition coefficient (Wildman–Crippen LogP) is 2.91. The normalized spacial score (nSPS) is 20.7. The molecule has 1 aromatic carbocycles. The Bertz CT molecular complexity index is 936. The Labute approximate surface area is 156 Å². The van der Waals surface area contributed by atoms with Gasteiger partial charge in [-0.05, 0) is 44.0 Å². The van der Waals surface area contributed by atoms with Crippen LogP contribution in [0.1, 0.15) is 29.4 Å². The molecule has 8 heteroatoms. The largest absolute Gasteiger partial charge is 0.481 e. The summed E-state index contributed by atoms with van der Waals surface area (Å²) in [7, 11) is -3.67. The number of aliphatic carboxylic acids is 1. The Hall–Kier alpha value is -2.19. The molecule has 3 rings (SSSR count). The molecule has 2 aromatic rings. The summed E-state index contributed by atoms with van der Waals surface area (Å²) in [6.45, 7) is 2.23. The summed E-state index contributed by atoms with van der Waals surface area (Å²) >= 11 is 0.918. The van der Waals surface area contributed by atoms with E-state index in [4.69, 9.17) is 0 Å². The molecule has 1 aliphatic rings. The monoisotopic (exact) mass is 393 g/mol. The number of rotatable bonds is 4. The molecule has 0 aliphatic carbocycles. The lowest BCUT2D eigenvalue weighted by Gasteiger charge is -2.37. The summed E-state index contributed by atoms with van der Waals surface area (Å²) in [5, 5.41) is 9.39. The number of thiophene rings is 1. The summed E-state index contributed by atoms with van der Waals surface area (Å²) in [4.78, 5) is 26.2. The third-order valence-electron chi connectivity index (χ3n) is 4.61. The van der Waals surface area contributed by atoms with Crippen molar-refractivity contribution in [3.8, 4) is 0 Å². The highest BCUT2D eigenvalue weighted by atomic mass is 32.2. The van der Waals surface area contributed by atoms with E-state index in [-0.39, 0.29) is 21.6 Å². The van der Waals surface area contributed by atoms with Gasteiger partial charge in [0.15, 0.2) is 0 Å². The standard InChI is InChI=1S/C18H19NO5S2/c1-18(17(21)22)10-5-11-19(12-18)16(20)14-8-9-15(25-14)26(23,24)13-6-3-2-4-7-13/h2-4,6-9H,5,10-12H2,1H3,(H,21,22). The van der Waals surface area contributed by atoms with Crippen molar-refractivity contribution in [2.24, 2.45) is 5.41 Å². The van der Waals surface area contributed by atoms with Crippen molar-refractivity contribution in [3.63, 3.8) is 0 Å². The second kappa shape index (κ2) is 6.85. The molecule has 1 fully saturated rings. The molecule has 26 heavy (non-hydrogen) atoms. The number of amides is 1. The van der Waals surface area contributed by atoms with Crippen molar-refractivity contribution in [2.75, 3.05) is 13.1 Å². The molecule has 0 spiro atoms. The van der Waals surface area contributed by atoms with E-state index in [0.717, 1.165) is 11.3 Å². The maximum Gasteiger partial charge on any atom is 0.311 e. The van der Waals surface area contributed by atoms with Crippen LogP contribution in [0.4, 0.5) is 0 Å². The first-order chi connectivity index (χ1) is 12.2. The van der Waals surface area contributed by atoms with E-state index in [1.165, 1.54) is 29.2 Å². The van der Waals surface area contributed by atoms with Crippen molar-refractivity contribution in [1.82, 2.24) is 4.90 Å². The van der Waals surface area contributed by atoms with Crippen LogP contribution in [0.5, 0.6) is 0 Å². The number of carbonyl (C=O) groups excluding carboxylic acids is 1. The van der Waals surface area contributed by atoms with E-state index >= 15 is 0 Å². The molecule has 1 saturated heterocycles. The van der Waals surface area contributed by atoms with Crippen molar-refractivity contribution in [1.29, 1.82) is 0 Å². The topological polar surface area (TPSA) is 91.8 Å². The highest BCUT2D eigenvalue weighted by Gasteiger charge is 2.39. The van der Waals surface area contributed by atoms with Crippen LogP contribution in [0.25, 0.3) is 0 Å². The van der Waals surface area contributed by atoms with Gasteiger partial charge in [0.1, 0.15) is 4.21 Å². The van der Waals surface area contributed by atoms with Gasteiger partial charge in [0.05, 0.1) is 15.2 Å². The molecule has 1 N–H and O–H groups in total. The lowest BCUT2D eigenvalue weighted by atomic mass is 9.82. The van der Waals surface area contributed by atoms with Crippen molar-refractivity contribution in [3.05, 3.63) is 47.3 Å². The van der Waals surface area contributed by atoms with Gasteiger partial charge in [0.25, 0.3) is 5.91 Å². The van der Waals surface area contributed by atoms with Gasteiger partial charge in [0, 0.05) is 13.1 Å². The average Bonchev–Trinajstić information content (AvgIpc) is 3.12. The predicted molar refractivity (Wildman–Crippen MR) is 97.1 cm³/mol. The second-order valence-corrected chi connectivity index (χ2v) is 9.89. The van der Waals surface area contributed by atoms with Gasteiger partial charge >= 0.3 is 5.97 Å². The number of sulfone groups is 1. The molecular weight excluding hydrogens is 374 g/mol. The van der Waals surface area contributed by atoms with E-state index in [1.807, 2.05) is 0 Å². The van der Waals surface area contributed by atoms with Gasteiger partial charge in [0.2, 0.25) is 9.84 Å². The Kier molecular flexibility index (Phi) is 4.90. The van der Waals surface area contributed by atoms with E-state index in [1.54, 1.807) is 25.1 Å². The van der Waals surface area contributed by atoms with Gasteiger partial charge in [-0.3, -0.25) is 9.59 Å². The first-order valence-corrected chi connectivity index (χ1v) is 10.5. The zero-order chi connectivity index (χ0) is 18.9. The van der Waals surface area contributed by atoms with E-state index in [9.17, 15) is 23.1 Å². The second-order valence-electron chi connectivity index (χ2n) is 6.63. The molecule has 0 radical (unpaired) electrons. The fourth-order valence-corrected chi connectivity index (χ4v) is 5.74. The molecule has 2 heterocycles. The fourth-order valence-electron chi connectivity index (χ4n) is 3.04. The quantitative estimate of drug-likeness (QED) is 0.862. The minimum absolute atomic E-state index is 0.102. The van der Waals surface area contributed by atoms with Crippen LogP contribution in [0.2, 0.25) is 0 Å². The number of carboxylic acids is 1. The zero-order valence-electron chi connectivity index (χ0n) is 14.2. The van der Waals surface area contributed by atoms with E-state index < -0.39 is 21.2 Å². The lowest BCUT2D eigenvalue weighted by Crippen LogP contribution is -2.48. The molecule has 1 aromatic heterocycles. The molecular formula is C18H19NO5S2. The van der Waals surface area contributed by atoms with Crippen LogP contribution >= 0.6 is 11.3 Å². The minimum Gasteiger partial charge on any atom is -0.481 e. The number of carbonyl (C=O) groups is 2. The molecule has 6 nitrogen and oxygen atoms in total. The molecule has 1 unspecified atom stereocenters. The van der Waals surface area contributed by atoms with Crippen LogP contribution in [0.3, 0.4) is 0 Å². The Morgan fingerprint density at radius 1 is 1.15 bits per heavy atom. The van der Waals surface area contributed by atoms with Gasteiger partial charge < -0.3 is 10.0 Å². The molecule has 1 aliphatic heterocycles. The maximum absolute atomic E-state index is 12.7. The molecule has 138 valence electrons. The van der Waals surface area contributed by atoms with Crippen molar-refractivity contribution >= 4 is 33.1 Å². The number of hydrogen-bond donors (Lipinski definition) is 1. The van der Waals surface area contributed by atoms with Gasteiger partial charge in [-0.25, -0.2) is 8.42 Å². The summed E-state index contributed by atoms with van der Waals surface area (Å²) in [5.74, 6) is -1.25. The van der Waals surface area contributed by atoms with Crippen LogP contribution < -0.4 is 0 Å². The fraction of sp³-hybridized carbons (Fsp3) is 0.333. The number of nitrogens with zero attached hydrogens (tertiary/aromatic N) is 1. The third kappa shape index (κ3) is 3.39. The van der Waals surface area contributed by atoms with Crippen molar-refractivity contribution < 1.29 is 23.1 Å². The molecule has 1 amide bonds. The number of carboxylic acid groups (broad SMARTS) is 1. The summed E-state index contributed by atoms with van der Waals surface area (Å²) < 4.78 is 25.4. The van der Waals surface area contributed by atoms with Crippen LogP contribution in [-0.4, -0.2) is 43.4 Å². The Morgan fingerprint density at radius 3 is 2.50 bits per heavy atom. The van der Waals surface area contributed by atoms with Gasteiger partial charge in [-0.2, -0.15) is 0 Å². The lowest BCUT2D eigenvalue weighted by molar-refractivity contribution is -0.150. The zero-order valence-corrected chi connectivity index (χ0v) is 15.8. The number of piperidine rings is 1. The van der Waals surface area contributed by atoms with Crippen LogP contribution in [0.15, 0.2) is 51.6 Å². The number of likely N-dealkylation sites (tertiary alicyclic amines) is 1. The highest BCUT2D eigenvalue weighted by molar-refractivity contribution is 7.93. The maximum atomic E-state index is 12.7. The summed E-state index contributed by atoms with van der Waals surface area (Å²) in [6.07, 6.45) is 1.12. The molecule has 1 atom stereocenters. The van der Waals surface area contributed by atoms with Crippen LogP contribution in [-0.2, 0) is 14.6 Å². The summed E-state index contributed by atoms with van der Waals surface area (Å²) in [5.41, 5.74) is -0.968. The minimum atomic E-state index is -3.67. The smallest absolute Gasteiger partial charge is 0.311 e. The SMILES string of the molecule is CC1(C(=O)O)CCCN(C(=O)c2ccc(S(=O)(=O)c3ccccc3)s2)C1. The Morgan fingerprint density at radius 2 is 1.85 bits per heavy atom. The molecule has 0 bridgehead atoms. The third-order valence-corrected chi connectivity index (χ3v) is 7.95. The van der Waals surface area contributed by atoms with Crippen LogP contribution in [0, 0.1) is 5.41 Å². The summed E-state index contributed by atoms with van der Waals surface area (Å²) in [6, 6.07) is 11.0. The van der Waals surface area contributed by atoms with Gasteiger partial charge in [-0.15, -0.1) is 11.3 Å². The first kappa shape index (κ1) is 18.6. The van der Waals surface area contributed by atoms with E-state index in [2.05, 4.69) is 0 Å². The van der Waals surface area contributed by atoms with Crippen molar-refractivity contribution in [2.45, 2.75) is 28.9 Å².